The first-order chi connectivity index (χ1) is 17.2. The number of alkyl carbamates (subject to hydrolysis) is 1. The predicted molar refractivity (Wildman–Crippen MR) is 145 cm³/mol. The highest BCUT2D eigenvalue weighted by atomic mass is 16.6. The average molecular weight is 517 g/mol. The summed E-state index contributed by atoms with van der Waals surface area (Å²) < 4.78 is 5.34. The molecule has 0 aromatic heterocycles. The third kappa shape index (κ3) is 10.3. The van der Waals surface area contributed by atoms with Crippen molar-refractivity contribution in [1.29, 1.82) is 0 Å². The number of amides is 4. The standard InChI is InChI=1S/C28H44N4O5/c1-9-12-20(5)30-25(34)24(23-18(3)13-11-14-19(23)4)32(17-10-2)26(35)21(15-16-22(29)33)31-27(36)37-28(6,7)8/h10-11,13-14,20-21,24H,2,9,12,15-17H2,1,3-8H3,(H2,29,33)(H,30,34)(H,31,36). The zero-order valence-electron chi connectivity index (χ0n) is 23.3. The van der Waals surface area contributed by atoms with Crippen molar-refractivity contribution in [3.8, 4) is 0 Å². The van der Waals surface area contributed by atoms with Crippen molar-refractivity contribution in [2.75, 3.05) is 6.54 Å². The molecule has 4 N–H and O–H groups in total. The van der Waals surface area contributed by atoms with Crippen molar-refractivity contribution >= 4 is 23.8 Å². The van der Waals surface area contributed by atoms with Crippen LogP contribution in [0.15, 0.2) is 30.9 Å². The first-order valence-corrected chi connectivity index (χ1v) is 12.8. The van der Waals surface area contributed by atoms with Crippen molar-refractivity contribution in [3.05, 3.63) is 47.5 Å². The molecule has 0 aliphatic carbocycles. The molecule has 1 rings (SSSR count). The average Bonchev–Trinajstić information content (AvgIpc) is 2.76. The quantitative estimate of drug-likeness (QED) is 0.343. The number of nitrogens with two attached hydrogens (primary N) is 1. The topological polar surface area (TPSA) is 131 Å². The summed E-state index contributed by atoms with van der Waals surface area (Å²) in [5, 5.41) is 5.61. The summed E-state index contributed by atoms with van der Waals surface area (Å²) in [4.78, 5) is 53.2. The molecule has 206 valence electrons. The van der Waals surface area contributed by atoms with E-state index in [1.54, 1.807) is 20.8 Å². The molecule has 9 heteroatoms. The van der Waals surface area contributed by atoms with Crippen molar-refractivity contribution in [2.45, 2.75) is 97.9 Å². The van der Waals surface area contributed by atoms with E-state index in [9.17, 15) is 19.2 Å². The number of ether oxygens (including phenoxy) is 1. The Morgan fingerprint density at radius 3 is 2.19 bits per heavy atom. The fourth-order valence-electron chi connectivity index (χ4n) is 4.17. The van der Waals surface area contributed by atoms with Crippen molar-refractivity contribution in [2.24, 2.45) is 5.73 Å². The van der Waals surface area contributed by atoms with Gasteiger partial charge in [-0.25, -0.2) is 4.79 Å². The summed E-state index contributed by atoms with van der Waals surface area (Å²) in [5.74, 6) is -1.49. The van der Waals surface area contributed by atoms with E-state index in [1.165, 1.54) is 11.0 Å². The van der Waals surface area contributed by atoms with Crippen LogP contribution in [0.25, 0.3) is 0 Å². The van der Waals surface area contributed by atoms with Crippen LogP contribution in [0.5, 0.6) is 0 Å². The molecule has 4 amide bonds. The third-order valence-corrected chi connectivity index (χ3v) is 5.76. The van der Waals surface area contributed by atoms with Gasteiger partial charge in [-0.3, -0.25) is 14.4 Å². The van der Waals surface area contributed by atoms with E-state index in [0.717, 1.165) is 24.0 Å². The number of nitrogens with one attached hydrogen (secondary N) is 2. The highest BCUT2D eigenvalue weighted by Gasteiger charge is 2.37. The van der Waals surface area contributed by atoms with Crippen LogP contribution in [0.3, 0.4) is 0 Å². The highest BCUT2D eigenvalue weighted by molar-refractivity contribution is 5.93. The maximum absolute atomic E-state index is 14.0. The van der Waals surface area contributed by atoms with Gasteiger partial charge in [-0.05, 0) is 71.1 Å². The van der Waals surface area contributed by atoms with Gasteiger partial charge in [0.15, 0.2) is 0 Å². The molecule has 1 aromatic carbocycles. The van der Waals surface area contributed by atoms with Crippen LogP contribution in [0, 0.1) is 13.8 Å². The number of hydrogen-bond donors (Lipinski definition) is 3. The SMILES string of the molecule is C=CCN(C(=O)C(CCC(N)=O)NC(=O)OC(C)(C)C)C(C(=O)NC(C)CCC)c1c(C)cccc1C. The first kappa shape index (κ1) is 31.7. The van der Waals surface area contributed by atoms with Gasteiger partial charge >= 0.3 is 6.09 Å². The summed E-state index contributed by atoms with van der Waals surface area (Å²) >= 11 is 0. The Kier molecular flexibility index (Phi) is 12.3. The Morgan fingerprint density at radius 2 is 1.70 bits per heavy atom. The molecule has 3 unspecified atom stereocenters. The number of nitrogens with zero attached hydrogens (tertiary/aromatic N) is 1. The number of rotatable bonds is 13. The van der Waals surface area contributed by atoms with E-state index in [0.29, 0.717) is 5.56 Å². The summed E-state index contributed by atoms with van der Waals surface area (Å²) in [6, 6.07) is 3.44. The van der Waals surface area contributed by atoms with E-state index < -0.39 is 35.6 Å². The Bertz CT molecular complexity index is 950. The highest BCUT2D eigenvalue weighted by Crippen LogP contribution is 2.29. The monoisotopic (exact) mass is 516 g/mol. The summed E-state index contributed by atoms with van der Waals surface area (Å²) in [6.07, 6.45) is 2.21. The molecule has 0 heterocycles. The fourth-order valence-corrected chi connectivity index (χ4v) is 4.17. The maximum Gasteiger partial charge on any atom is 0.408 e. The van der Waals surface area contributed by atoms with Crippen molar-refractivity contribution < 1.29 is 23.9 Å². The van der Waals surface area contributed by atoms with Crippen molar-refractivity contribution in [3.63, 3.8) is 0 Å². The number of primary amides is 1. The van der Waals surface area contributed by atoms with E-state index in [1.807, 2.05) is 45.9 Å². The van der Waals surface area contributed by atoms with Gasteiger partial charge in [0.05, 0.1) is 0 Å². The normalized spacial score (nSPS) is 13.6. The zero-order chi connectivity index (χ0) is 28.3. The van der Waals surface area contributed by atoms with Crippen LogP contribution in [0.2, 0.25) is 0 Å². The van der Waals surface area contributed by atoms with Gasteiger partial charge in [0.25, 0.3) is 0 Å². The van der Waals surface area contributed by atoms with Gasteiger partial charge in [-0.2, -0.15) is 0 Å². The number of hydrogen-bond acceptors (Lipinski definition) is 5. The number of aryl methyl sites for hydroxylation is 2. The molecule has 9 nitrogen and oxygen atoms in total. The molecule has 3 atom stereocenters. The molecule has 0 spiro atoms. The van der Waals surface area contributed by atoms with Crippen LogP contribution >= 0.6 is 0 Å². The third-order valence-electron chi connectivity index (χ3n) is 5.76. The first-order valence-electron chi connectivity index (χ1n) is 12.8. The van der Waals surface area contributed by atoms with Crippen molar-refractivity contribution in [1.82, 2.24) is 15.5 Å². The van der Waals surface area contributed by atoms with Gasteiger partial charge in [0.1, 0.15) is 17.7 Å². The molecule has 0 radical (unpaired) electrons. The minimum Gasteiger partial charge on any atom is -0.444 e. The Balaban J connectivity index is 3.56. The minimum atomic E-state index is -1.14. The second-order valence-electron chi connectivity index (χ2n) is 10.4. The van der Waals surface area contributed by atoms with E-state index in [-0.39, 0.29) is 31.3 Å². The number of carbonyl (C=O) groups excluding carboxylic acids is 4. The van der Waals surface area contributed by atoms with Crippen LogP contribution < -0.4 is 16.4 Å². The lowest BCUT2D eigenvalue weighted by Gasteiger charge is -2.35. The maximum atomic E-state index is 14.0. The smallest absolute Gasteiger partial charge is 0.408 e. The molecule has 0 saturated carbocycles. The Hall–Kier alpha value is -3.36. The van der Waals surface area contributed by atoms with Crippen LogP contribution in [0.1, 0.15) is 83.0 Å². The number of carbonyl (C=O) groups is 4. The second kappa shape index (κ2) is 14.4. The predicted octanol–water partition coefficient (Wildman–Crippen LogP) is 3.82. The molecule has 0 fully saturated rings. The van der Waals surface area contributed by atoms with E-state index >= 15 is 0 Å². The molecular formula is C28H44N4O5. The summed E-state index contributed by atoms with van der Waals surface area (Å²) in [6.45, 7) is 16.7. The summed E-state index contributed by atoms with van der Waals surface area (Å²) in [7, 11) is 0. The van der Waals surface area contributed by atoms with Gasteiger partial charge in [-0.15, -0.1) is 6.58 Å². The lowest BCUT2D eigenvalue weighted by atomic mass is 9.93. The van der Waals surface area contributed by atoms with Crippen LogP contribution in [-0.2, 0) is 19.1 Å². The lowest BCUT2D eigenvalue weighted by molar-refractivity contribution is -0.142. The molecule has 0 saturated heterocycles. The van der Waals surface area contributed by atoms with Gasteiger partial charge < -0.3 is 26.0 Å². The molecule has 0 bridgehead atoms. The second-order valence-corrected chi connectivity index (χ2v) is 10.4. The minimum absolute atomic E-state index is 0.0376. The summed E-state index contributed by atoms with van der Waals surface area (Å²) in [5.41, 5.74) is 6.94. The molecule has 0 aliphatic heterocycles. The zero-order valence-corrected chi connectivity index (χ0v) is 23.3. The fraction of sp³-hybridized carbons (Fsp3) is 0.571. The molecular weight excluding hydrogens is 472 g/mol. The molecule has 37 heavy (non-hydrogen) atoms. The lowest BCUT2D eigenvalue weighted by Crippen LogP contribution is -2.54. The van der Waals surface area contributed by atoms with Gasteiger partial charge in [-0.1, -0.05) is 37.6 Å². The van der Waals surface area contributed by atoms with Gasteiger partial charge in [0.2, 0.25) is 17.7 Å². The van der Waals surface area contributed by atoms with E-state index in [4.69, 9.17) is 10.5 Å². The van der Waals surface area contributed by atoms with E-state index in [2.05, 4.69) is 17.2 Å². The molecule has 0 aliphatic rings. The van der Waals surface area contributed by atoms with Gasteiger partial charge in [0, 0.05) is 19.0 Å². The van der Waals surface area contributed by atoms with Crippen LogP contribution in [0.4, 0.5) is 4.79 Å². The molecule has 1 aromatic rings. The van der Waals surface area contributed by atoms with Crippen LogP contribution in [-0.4, -0.2) is 52.9 Å². The Labute approximate surface area is 221 Å². The number of benzene rings is 1. The Morgan fingerprint density at radius 1 is 1.11 bits per heavy atom. The largest absolute Gasteiger partial charge is 0.444 e.